The maximum atomic E-state index is 12.0. The fraction of sp³-hybridized carbons (Fsp3) is 0.0667. The topological polar surface area (TPSA) is 73.4 Å². The first kappa shape index (κ1) is 17.3. The number of aryl methyl sites for hydroxylation is 1. The molecule has 0 aromatic heterocycles. The van der Waals surface area contributed by atoms with Gasteiger partial charge in [0.15, 0.2) is 5.11 Å². The average molecular weight is 370 g/mol. The van der Waals surface area contributed by atoms with Crippen LogP contribution in [0.3, 0.4) is 0 Å². The third-order valence-electron chi connectivity index (χ3n) is 2.92. The molecule has 23 heavy (non-hydrogen) atoms. The van der Waals surface area contributed by atoms with E-state index in [9.17, 15) is 9.90 Å². The minimum atomic E-state index is -0.573. The van der Waals surface area contributed by atoms with Crippen LogP contribution in [0.1, 0.15) is 15.9 Å². The molecule has 2 aromatic carbocycles. The zero-order valence-corrected chi connectivity index (χ0v) is 14.3. The fourth-order valence-electron chi connectivity index (χ4n) is 1.70. The van der Waals surface area contributed by atoms with E-state index < -0.39 is 5.91 Å². The van der Waals surface area contributed by atoms with Gasteiger partial charge in [0.2, 0.25) is 0 Å². The fourth-order valence-corrected chi connectivity index (χ4v) is 2.23. The first-order valence-corrected chi connectivity index (χ1v) is 7.65. The second-order valence-electron chi connectivity index (χ2n) is 4.66. The monoisotopic (exact) mass is 369 g/mol. The molecule has 120 valence electrons. The Kier molecular flexibility index (Phi) is 5.65. The lowest BCUT2D eigenvalue weighted by Crippen LogP contribution is -2.43. The van der Waals surface area contributed by atoms with Gasteiger partial charge in [-0.05, 0) is 55.0 Å². The Morgan fingerprint density at radius 1 is 1.13 bits per heavy atom. The lowest BCUT2D eigenvalue weighted by Gasteiger charge is -2.13. The van der Waals surface area contributed by atoms with Crippen LogP contribution in [0, 0.1) is 6.92 Å². The van der Waals surface area contributed by atoms with Crippen LogP contribution >= 0.6 is 35.4 Å². The summed E-state index contributed by atoms with van der Waals surface area (Å²) in [7, 11) is 0. The highest BCUT2D eigenvalue weighted by Crippen LogP contribution is 2.21. The lowest BCUT2D eigenvalue weighted by atomic mass is 10.2. The molecule has 0 aliphatic carbocycles. The van der Waals surface area contributed by atoms with Gasteiger partial charge < -0.3 is 10.4 Å². The Hall–Kier alpha value is -2.02. The number of carbonyl (C=O) groups excluding carboxylic acids is 1. The van der Waals surface area contributed by atoms with E-state index >= 15 is 0 Å². The van der Waals surface area contributed by atoms with Crippen molar-refractivity contribution in [3.8, 4) is 5.75 Å². The van der Waals surface area contributed by atoms with Crippen LogP contribution in [0.2, 0.25) is 10.0 Å². The lowest BCUT2D eigenvalue weighted by molar-refractivity contribution is 0.0941. The summed E-state index contributed by atoms with van der Waals surface area (Å²) in [6.45, 7) is 1.89. The molecule has 0 saturated carbocycles. The van der Waals surface area contributed by atoms with Gasteiger partial charge in [0.05, 0.1) is 5.56 Å². The Morgan fingerprint density at radius 2 is 1.87 bits per heavy atom. The molecule has 0 unspecified atom stereocenters. The number of anilines is 1. The summed E-state index contributed by atoms with van der Waals surface area (Å²) < 4.78 is 0. The summed E-state index contributed by atoms with van der Waals surface area (Å²) in [6, 6.07) is 9.53. The minimum Gasteiger partial charge on any atom is -0.507 e. The maximum absolute atomic E-state index is 12.0. The number of amides is 1. The van der Waals surface area contributed by atoms with E-state index in [1.54, 1.807) is 12.1 Å². The summed E-state index contributed by atoms with van der Waals surface area (Å²) in [5, 5.41) is 13.6. The molecule has 0 radical (unpaired) electrons. The molecular formula is C15H13Cl2N3O2S. The van der Waals surface area contributed by atoms with E-state index in [4.69, 9.17) is 35.4 Å². The van der Waals surface area contributed by atoms with Crippen molar-refractivity contribution >= 4 is 52.1 Å². The summed E-state index contributed by atoms with van der Waals surface area (Å²) >= 11 is 16.9. The predicted molar refractivity (Wildman–Crippen MR) is 96.1 cm³/mol. The summed E-state index contributed by atoms with van der Waals surface area (Å²) in [5.74, 6) is -0.756. The van der Waals surface area contributed by atoms with Crippen LogP contribution in [0.5, 0.6) is 5.75 Å². The third-order valence-corrected chi connectivity index (χ3v) is 3.77. The number of hydrogen-bond acceptors (Lipinski definition) is 3. The van der Waals surface area contributed by atoms with Crippen LogP contribution < -0.4 is 16.2 Å². The van der Waals surface area contributed by atoms with Crippen LogP contribution in [0.25, 0.3) is 0 Å². The average Bonchev–Trinajstić information content (AvgIpc) is 2.51. The number of nitrogens with one attached hydrogen (secondary N) is 3. The highest BCUT2D eigenvalue weighted by atomic mass is 35.5. The van der Waals surface area contributed by atoms with E-state index in [0.717, 1.165) is 5.56 Å². The van der Waals surface area contributed by atoms with Gasteiger partial charge in [-0.3, -0.25) is 15.6 Å². The minimum absolute atomic E-state index is 0.0335. The molecule has 0 fully saturated rings. The molecule has 2 aromatic rings. The first-order chi connectivity index (χ1) is 10.9. The summed E-state index contributed by atoms with van der Waals surface area (Å²) in [6.07, 6.45) is 0. The highest BCUT2D eigenvalue weighted by Gasteiger charge is 2.12. The van der Waals surface area contributed by atoms with Crippen LogP contribution in [0.4, 0.5) is 5.69 Å². The quantitative estimate of drug-likeness (QED) is 0.480. The number of halogens is 2. The molecule has 0 heterocycles. The van der Waals surface area contributed by atoms with Crippen molar-refractivity contribution in [3.63, 3.8) is 0 Å². The molecule has 0 aliphatic rings. The molecular weight excluding hydrogens is 357 g/mol. The van der Waals surface area contributed by atoms with Gasteiger partial charge >= 0.3 is 0 Å². The zero-order valence-electron chi connectivity index (χ0n) is 12.0. The Bertz CT molecular complexity index is 768. The number of benzene rings is 2. The van der Waals surface area contributed by atoms with Gasteiger partial charge in [0.1, 0.15) is 5.75 Å². The van der Waals surface area contributed by atoms with Crippen molar-refractivity contribution in [1.82, 2.24) is 10.9 Å². The van der Waals surface area contributed by atoms with Crippen molar-refractivity contribution in [2.75, 3.05) is 5.32 Å². The number of phenols is 1. The van der Waals surface area contributed by atoms with Crippen molar-refractivity contribution in [3.05, 3.63) is 57.6 Å². The molecule has 2 rings (SSSR count). The smallest absolute Gasteiger partial charge is 0.273 e. The number of hydrazine groups is 1. The molecule has 1 amide bonds. The maximum Gasteiger partial charge on any atom is 0.273 e. The van der Waals surface area contributed by atoms with Crippen molar-refractivity contribution in [2.24, 2.45) is 0 Å². The van der Waals surface area contributed by atoms with Gasteiger partial charge in [0, 0.05) is 15.7 Å². The Balaban J connectivity index is 1.94. The van der Waals surface area contributed by atoms with Crippen molar-refractivity contribution < 1.29 is 9.90 Å². The number of carbonyl (C=O) groups is 1. The van der Waals surface area contributed by atoms with Gasteiger partial charge in [-0.1, -0.05) is 29.3 Å². The molecule has 8 heteroatoms. The Morgan fingerprint density at radius 3 is 2.57 bits per heavy atom. The summed E-state index contributed by atoms with van der Waals surface area (Å²) in [5.41, 5.74) is 6.56. The van der Waals surface area contributed by atoms with Gasteiger partial charge in [0.25, 0.3) is 5.91 Å². The second kappa shape index (κ2) is 7.50. The number of hydrogen-bond donors (Lipinski definition) is 4. The van der Waals surface area contributed by atoms with Gasteiger partial charge in [-0.2, -0.15) is 0 Å². The van der Waals surface area contributed by atoms with Crippen molar-refractivity contribution in [1.29, 1.82) is 0 Å². The molecule has 5 nitrogen and oxygen atoms in total. The molecule has 0 aliphatic heterocycles. The van der Waals surface area contributed by atoms with Crippen LogP contribution in [0.15, 0.2) is 36.4 Å². The zero-order chi connectivity index (χ0) is 17.0. The molecule has 4 N–H and O–H groups in total. The number of phenolic OH excluding ortho intramolecular Hbond substituents is 1. The number of thiocarbonyl (C=S) groups is 1. The SMILES string of the molecule is Cc1ccc(NC(=S)NNC(=O)c2cc(Cl)ccc2O)cc1Cl. The molecule has 0 bridgehead atoms. The largest absolute Gasteiger partial charge is 0.507 e. The normalized spacial score (nSPS) is 10.0. The van der Waals surface area contributed by atoms with E-state index in [2.05, 4.69) is 16.2 Å². The molecule has 0 saturated heterocycles. The summed E-state index contributed by atoms with van der Waals surface area (Å²) in [4.78, 5) is 12.0. The van der Waals surface area contributed by atoms with Gasteiger partial charge in [-0.25, -0.2) is 0 Å². The van der Waals surface area contributed by atoms with Crippen molar-refractivity contribution in [2.45, 2.75) is 6.92 Å². The van der Waals surface area contributed by atoms with Crippen LogP contribution in [-0.4, -0.2) is 16.1 Å². The first-order valence-electron chi connectivity index (χ1n) is 6.49. The van der Waals surface area contributed by atoms with Gasteiger partial charge in [-0.15, -0.1) is 0 Å². The second-order valence-corrected chi connectivity index (χ2v) is 5.91. The van der Waals surface area contributed by atoms with Crippen LogP contribution in [-0.2, 0) is 0 Å². The third kappa shape index (κ3) is 4.72. The number of aromatic hydroxyl groups is 1. The number of rotatable bonds is 2. The van der Waals surface area contributed by atoms with E-state index in [1.165, 1.54) is 18.2 Å². The molecule has 0 atom stereocenters. The van der Waals surface area contributed by atoms with E-state index in [-0.39, 0.29) is 16.4 Å². The highest BCUT2D eigenvalue weighted by molar-refractivity contribution is 7.80. The van der Waals surface area contributed by atoms with E-state index in [1.807, 2.05) is 13.0 Å². The predicted octanol–water partition coefficient (Wildman–Crippen LogP) is 3.64. The molecule has 0 spiro atoms. The van der Waals surface area contributed by atoms with E-state index in [0.29, 0.717) is 15.7 Å². The Labute approximate surface area is 148 Å². The standard InChI is InChI=1S/C15H13Cl2N3O2S/c1-8-2-4-10(7-12(8)17)18-15(23)20-19-14(22)11-6-9(16)3-5-13(11)21/h2-7,21H,1H3,(H,19,22)(H2,18,20,23).